The molecule has 0 aromatic heterocycles. The van der Waals surface area contributed by atoms with Gasteiger partial charge in [0.15, 0.2) is 0 Å². The lowest BCUT2D eigenvalue weighted by Crippen LogP contribution is -2.31. The van der Waals surface area contributed by atoms with Crippen molar-refractivity contribution >= 4 is 5.91 Å². The highest BCUT2D eigenvalue weighted by Gasteiger charge is 2.01. The van der Waals surface area contributed by atoms with E-state index >= 15 is 0 Å². The molecule has 1 aromatic carbocycles. The van der Waals surface area contributed by atoms with Gasteiger partial charge >= 0.3 is 0 Å². The smallest absolute Gasteiger partial charge is 0.234 e. The normalized spacial score (nSPS) is 10.4. The van der Waals surface area contributed by atoms with Gasteiger partial charge in [0, 0.05) is 6.54 Å². The van der Waals surface area contributed by atoms with Crippen LogP contribution in [0.4, 0.5) is 0 Å². The van der Waals surface area contributed by atoms with Crippen molar-refractivity contribution in [3.63, 3.8) is 0 Å². The summed E-state index contributed by atoms with van der Waals surface area (Å²) in [6.07, 6.45) is 0. The summed E-state index contributed by atoms with van der Waals surface area (Å²) in [5.41, 5.74) is 1.04. The van der Waals surface area contributed by atoms with Crippen LogP contribution in [0.2, 0.25) is 0 Å². The molecule has 0 aliphatic rings. The minimum absolute atomic E-state index is 0.00833. The number of likely N-dealkylation sites (N-methyl/N-ethyl adjacent to an activating group) is 1. The number of amides is 1. The molecule has 2 N–H and O–H groups in total. The van der Waals surface area contributed by atoms with Gasteiger partial charge in [-0.15, -0.1) is 0 Å². The van der Waals surface area contributed by atoms with Crippen LogP contribution in [0.1, 0.15) is 19.4 Å². The molecule has 100 valence electrons. The topological polar surface area (TPSA) is 50.4 Å². The minimum atomic E-state index is -0.00833. The highest BCUT2D eigenvalue weighted by molar-refractivity contribution is 5.77. The van der Waals surface area contributed by atoms with E-state index in [0.717, 1.165) is 11.3 Å². The molecule has 0 unspecified atom stereocenters. The molecule has 0 fully saturated rings. The van der Waals surface area contributed by atoms with Gasteiger partial charge < -0.3 is 15.4 Å². The number of hydrogen-bond donors (Lipinski definition) is 2. The van der Waals surface area contributed by atoms with Gasteiger partial charge in [0.25, 0.3) is 0 Å². The van der Waals surface area contributed by atoms with Gasteiger partial charge in [-0.3, -0.25) is 4.79 Å². The van der Waals surface area contributed by atoms with Crippen molar-refractivity contribution in [3.8, 4) is 5.75 Å². The van der Waals surface area contributed by atoms with Crippen LogP contribution >= 0.6 is 0 Å². The van der Waals surface area contributed by atoms with E-state index in [1.807, 2.05) is 24.3 Å². The Bertz CT molecular complexity index is 378. The van der Waals surface area contributed by atoms with Gasteiger partial charge in [-0.25, -0.2) is 0 Å². The van der Waals surface area contributed by atoms with E-state index in [0.29, 0.717) is 25.6 Å². The predicted molar refractivity (Wildman–Crippen MR) is 72.5 cm³/mol. The summed E-state index contributed by atoms with van der Waals surface area (Å²) in [4.78, 5) is 11.3. The molecule has 0 saturated carbocycles. The number of nitrogens with one attached hydrogen (secondary N) is 2. The molecule has 18 heavy (non-hydrogen) atoms. The Hall–Kier alpha value is -1.55. The Balaban J connectivity index is 2.46. The van der Waals surface area contributed by atoms with E-state index in [1.54, 1.807) is 7.05 Å². The van der Waals surface area contributed by atoms with Crippen molar-refractivity contribution < 1.29 is 9.53 Å². The van der Waals surface area contributed by atoms with E-state index in [9.17, 15) is 4.79 Å². The molecule has 0 saturated heterocycles. The van der Waals surface area contributed by atoms with Gasteiger partial charge in [-0.2, -0.15) is 0 Å². The molecule has 0 aliphatic heterocycles. The first-order valence-corrected chi connectivity index (χ1v) is 6.25. The Morgan fingerprint density at radius 2 is 2.17 bits per heavy atom. The molecule has 1 rings (SSSR count). The first-order valence-electron chi connectivity index (χ1n) is 6.25. The van der Waals surface area contributed by atoms with Crippen molar-refractivity contribution in [1.82, 2.24) is 10.6 Å². The maximum atomic E-state index is 11.3. The van der Waals surface area contributed by atoms with Gasteiger partial charge in [-0.05, 0) is 30.7 Å². The number of benzene rings is 1. The van der Waals surface area contributed by atoms with E-state index < -0.39 is 0 Å². The molecule has 0 bridgehead atoms. The van der Waals surface area contributed by atoms with Crippen LogP contribution in [-0.4, -0.2) is 26.1 Å². The number of hydrogen-bond acceptors (Lipinski definition) is 3. The van der Waals surface area contributed by atoms with Crippen LogP contribution < -0.4 is 15.4 Å². The predicted octanol–water partition coefficient (Wildman–Crippen LogP) is 1.56. The van der Waals surface area contributed by atoms with Crippen molar-refractivity contribution in [2.75, 3.05) is 20.2 Å². The summed E-state index contributed by atoms with van der Waals surface area (Å²) in [5, 5.41) is 5.65. The monoisotopic (exact) mass is 250 g/mol. The lowest BCUT2D eigenvalue weighted by atomic mass is 10.2. The highest BCUT2D eigenvalue weighted by Crippen LogP contribution is 2.14. The number of carbonyl (C=O) groups is 1. The van der Waals surface area contributed by atoms with Crippen LogP contribution in [-0.2, 0) is 11.3 Å². The van der Waals surface area contributed by atoms with E-state index in [4.69, 9.17) is 4.74 Å². The van der Waals surface area contributed by atoms with Crippen LogP contribution in [0.25, 0.3) is 0 Å². The van der Waals surface area contributed by atoms with E-state index in [2.05, 4.69) is 24.5 Å². The summed E-state index contributed by atoms with van der Waals surface area (Å²) >= 11 is 0. The lowest BCUT2D eigenvalue weighted by molar-refractivity contribution is -0.120. The number of carbonyl (C=O) groups excluding carboxylic acids is 1. The van der Waals surface area contributed by atoms with Gasteiger partial charge in [-0.1, -0.05) is 26.0 Å². The van der Waals surface area contributed by atoms with Gasteiger partial charge in [0.1, 0.15) is 5.75 Å². The second-order valence-corrected chi connectivity index (χ2v) is 4.66. The summed E-state index contributed by atoms with van der Waals surface area (Å²) in [6, 6.07) is 7.81. The van der Waals surface area contributed by atoms with Gasteiger partial charge in [0.05, 0.1) is 13.2 Å². The first kappa shape index (κ1) is 14.5. The van der Waals surface area contributed by atoms with Crippen LogP contribution in [0.15, 0.2) is 24.3 Å². The Labute approximate surface area is 109 Å². The molecule has 0 heterocycles. The SMILES string of the molecule is CNCC(=O)NCc1cccc(OCC(C)C)c1. The lowest BCUT2D eigenvalue weighted by Gasteiger charge is -2.10. The second kappa shape index (κ2) is 7.71. The fraction of sp³-hybridized carbons (Fsp3) is 0.500. The average molecular weight is 250 g/mol. The largest absolute Gasteiger partial charge is 0.493 e. The van der Waals surface area contributed by atoms with Crippen LogP contribution in [0.3, 0.4) is 0 Å². The van der Waals surface area contributed by atoms with Gasteiger partial charge in [0.2, 0.25) is 5.91 Å². The number of ether oxygens (including phenoxy) is 1. The Kier molecular flexibility index (Phi) is 6.22. The average Bonchev–Trinajstić information content (AvgIpc) is 2.35. The molecule has 0 atom stereocenters. The van der Waals surface area contributed by atoms with E-state index in [1.165, 1.54) is 0 Å². The van der Waals surface area contributed by atoms with E-state index in [-0.39, 0.29) is 5.91 Å². The molecule has 4 heteroatoms. The fourth-order valence-electron chi connectivity index (χ4n) is 1.43. The standard InChI is InChI=1S/C14H22N2O2/c1-11(2)10-18-13-6-4-5-12(7-13)8-16-14(17)9-15-3/h4-7,11,15H,8-10H2,1-3H3,(H,16,17). The summed E-state index contributed by atoms with van der Waals surface area (Å²) in [5.74, 6) is 1.35. The molecule has 0 spiro atoms. The minimum Gasteiger partial charge on any atom is -0.493 e. The highest BCUT2D eigenvalue weighted by atomic mass is 16.5. The Morgan fingerprint density at radius 1 is 1.39 bits per heavy atom. The van der Waals surface area contributed by atoms with Crippen molar-refractivity contribution in [2.24, 2.45) is 5.92 Å². The number of rotatable bonds is 7. The van der Waals surface area contributed by atoms with Crippen LogP contribution in [0.5, 0.6) is 5.75 Å². The third-order valence-corrected chi connectivity index (χ3v) is 2.31. The molecular weight excluding hydrogens is 228 g/mol. The zero-order valence-corrected chi connectivity index (χ0v) is 11.3. The Morgan fingerprint density at radius 3 is 2.83 bits per heavy atom. The van der Waals surface area contributed by atoms with Crippen molar-refractivity contribution in [2.45, 2.75) is 20.4 Å². The van der Waals surface area contributed by atoms with Crippen molar-refractivity contribution in [1.29, 1.82) is 0 Å². The summed E-state index contributed by atoms with van der Waals surface area (Å²) < 4.78 is 5.64. The first-order chi connectivity index (χ1) is 8.61. The molecular formula is C14H22N2O2. The second-order valence-electron chi connectivity index (χ2n) is 4.66. The zero-order valence-electron chi connectivity index (χ0n) is 11.3. The third-order valence-electron chi connectivity index (χ3n) is 2.31. The van der Waals surface area contributed by atoms with Crippen LogP contribution in [0, 0.1) is 5.92 Å². The maximum Gasteiger partial charge on any atom is 0.234 e. The third kappa shape index (κ3) is 5.68. The molecule has 0 aliphatic carbocycles. The summed E-state index contributed by atoms with van der Waals surface area (Å²) in [6.45, 7) is 5.79. The quantitative estimate of drug-likeness (QED) is 0.772. The molecule has 1 aromatic rings. The molecule has 4 nitrogen and oxygen atoms in total. The fourth-order valence-corrected chi connectivity index (χ4v) is 1.43. The summed E-state index contributed by atoms with van der Waals surface area (Å²) in [7, 11) is 1.75. The van der Waals surface area contributed by atoms with Crippen molar-refractivity contribution in [3.05, 3.63) is 29.8 Å². The molecule has 1 amide bonds. The maximum absolute atomic E-state index is 11.3. The molecule has 0 radical (unpaired) electrons. The zero-order chi connectivity index (χ0) is 13.4.